The molecular weight excluding hydrogens is 344 g/mol. The summed E-state index contributed by atoms with van der Waals surface area (Å²) in [6.45, 7) is 6.96. The monoisotopic (exact) mass is 366 g/mol. The Balaban J connectivity index is 1.84. The van der Waals surface area contributed by atoms with Gasteiger partial charge in [0, 0.05) is 30.7 Å². The van der Waals surface area contributed by atoms with Crippen LogP contribution >= 0.6 is 0 Å². The molecular formula is C19H22N6O2. The Bertz CT molecular complexity index is 958. The van der Waals surface area contributed by atoms with E-state index >= 15 is 0 Å². The van der Waals surface area contributed by atoms with E-state index < -0.39 is 0 Å². The Kier molecular flexibility index (Phi) is 5.35. The van der Waals surface area contributed by atoms with Crippen LogP contribution in [-0.4, -0.2) is 31.4 Å². The lowest BCUT2D eigenvalue weighted by molar-refractivity contribution is 0.102. The first-order valence-electron chi connectivity index (χ1n) is 8.81. The topological polar surface area (TPSA) is 93.8 Å². The summed E-state index contributed by atoms with van der Waals surface area (Å²) >= 11 is 0. The van der Waals surface area contributed by atoms with Crippen molar-refractivity contribution in [1.82, 2.24) is 19.6 Å². The third-order valence-corrected chi connectivity index (χ3v) is 4.23. The molecule has 140 valence electrons. The van der Waals surface area contributed by atoms with E-state index in [0.717, 1.165) is 5.69 Å². The van der Waals surface area contributed by atoms with E-state index in [4.69, 9.17) is 0 Å². The zero-order valence-electron chi connectivity index (χ0n) is 15.6. The molecule has 27 heavy (non-hydrogen) atoms. The van der Waals surface area contributed by atoms with Gasteiger partial charge in [0.05, 0.1) is 17.4 Å². The highest BCUT2D eigenvalue weighted by atomic mass is 16.2. The SMILES string of the molecule is CCn1cc(NC(=O)c2cnn(CC)c2C)c(C(=O)Nc2ccccc2)n1. The maximum Gasteiger partial charge on any atom is 0.278 e. The number of para-hydroxylation sites is 1. The Labute approximate surface area is 157 Å². The van der Waals surface area contributed by atoms with Gasteiger partial charge in [-0.05, 0) is 32.9 Å². The maximum atomic E-state index is 12.7. The number of hydrogen-bond acceptors (Lipinski definition) is 4. The molecule has 8 nitrogen and oxygen atoms in total. The predicted octanol–water partition coefficient (Wildman–Crippen LogP) is 2.93. The van der Waals surface area contributed by atoms with Crippen LogP contribution in [0.4, 0.5) is 11.4 Å². The van der Waals surface area contributed by atoms with Gasteiger partial charge in [0.15, 0.2) is 5.69 Å². The summed E-state index contributed by atoms with van der Waals surface area (Å²) in [6.07, 6.45) is 3.18. The standard InChI is InChI=1S/C19H22N6O2/c1-4-24-12-16(22-18(26)15-11-20-25(5-2)13(15)3)17(23-24)19(27)21-14-9-7-6-8-10-14/h6-12H,4-5H2,1-3H3,(H,21,27)(H,22,26). The van der Waals surface area contributed by atoms with Gasteiger partial charge >= 0.3 is 0 Å². The summed E-state index contributed by atoms with van der Waals surface area (Å²) in [6, 6.07) is 9.10. The number of carbonyl (C=O) groups excluding carboxylic acids is 2. The van der Waals surface area contributed by atoms with Crippen LogP contribution in [0.3, 0.4) is 0 Å². The molecule has 0 unspecified atom stereocenters. The number of aromatic nitrogens is 4. The first-order chi connectivity index (χ1) is 13.0. The summed E-state index contributed by atoms with van der Waals surface area (Å²) in [5.74, 6) is -0.707. The summed E-state index contributed by atoms with van der Waals surface area (Å²) in [7, 11) is 0. The normalized spacial score (nSPS) is 10.6. The lowest BCUT2D eigenvalue weighted by Gasteiger charge is -2.06. The van der Waals surface area contributed by atoms with Crippen LogP contribution in [0.15, 0.2) is 42.7 Å². The minimum absolute atomic E-state index is 0.162. The maximum absolute atomic E-state index is 12.7. The largest absolute Gasteiger partial charge is 0.321 e. The average Bonchev–Trinajstić information content (AvgIpc) is 3.25. The molecule has 2 amide bonds. The fourth-order valence-electron chi connectivity index (χ4n) is 2.73. The molecule has 0 aliphatic rings. The second-order valence-corrected chi connectivity index (χ2v) is 5.98. The van der Waals surface area contributed by atoms with E-state index in [1.165, 1.54) is 6.20 Å². The Morgan fingerprint density at radius 3 is 2.41 bits per heavy atom. The number of anilines is 2. The highest BCUT2D eigenvalue weighted by Crippen LogP contribution is 2.18. The van der Waals surface area contributed by atoms with Crippen LogP contribution in [0, 0.1) is 6.92 Å². The van der Waals surface area contributed by atoms with Crippen molar-refractivity contribution in [3.8, 4) is 0 Å². The first-order valence-corrected chi connectivity index (χ1v) is 8.81. The van der Waals surface area contributed by atoms with E-state index in [1.807, 2.05) is 39.0 Å². The summed E-state index contributed by atoms with van der Waals surface area (Å²) in [4.78, 5) is 25.3. The van der Waals surface area contributed by atoms with Gasteiger partial charge in [-0.2, -0.15) is 10.2 Å². The van der Waals surface area contributed by atoms with Crippen molar-refractivity contribution in [3.63, 3.8) is 0 Å². The molecule has 0 bridgehead atoms. The highest BCUT2D eigenvalue weighted by Gasteiger charge is 2.21. The van der Waals surface area contributed by atoms with Gasteiger partial charge in [-0.15, -0.1) is 0 Å². The van der Waals surface area contributed by atoms with Gasteiger partial charge in [0.2, 0.25) is 0 Å². The molecule has 0 atom stereocenters. The molecule has 0 fully saturated rings. The summed E-state index contributed by atoms with van der Waals surface area (Å²) in [5.41, 5.74) is 2.42. The average molecular weight is 366 g/mol. The van der Waals surface area contributed by atoms with Crippen molar-refractivity contribution < 1.29 is 9.59 Å². The number of aryl methyl sites for hydroxylation is 2. The summed E-state index contributed by atoms with van der Waals surface area (Å²) in [5, 5.41) is 14.1. The van der Waals surface area contributed by atoms with Crippen molar-refractivity contribution in [1.29, 1.82) is 0 Å². The number of amides is 2. The fourth-order valence-corrected chi connectivity index (χ4v) is 2.73. The third-order valence-electron chi connectivity index (χ3n) is 4.23. The molecule has 0 aliphatic heterocycles. The molecule has 0 saturated carbocycles. The number of carbonyl (C=O) groups is 2. The number of nitrogens with one attached hydrogen (secondary N) is 2. The molecule has 0 radical (unpaired) electrons. The van der Waals surface area contributed by atoms with Gasteiger partial charge in [-0.3, -0.25) is 19.0 Å². The molecule has 0 aliphatic carbocycles. The smallest absolute Gasteiger partial charge is 0.278 e. The predicted molar refractivity (Wildman–Crippen MR) is 103 cm³/mol. The van der Waals surface area contributed by atoms with Crippen LogP contribution in [-0.2, 0) is 13.1 Å². The molecule has 2 N–H and O–H groups in total. The van der Waals surface area contributed by atoms with Gasteiger partial charge in [-0.25, -0.2) is 0 Å². The minimum Gasteiger partial charge on any atom is -0.321 e. The highest BCUT2D eigenvalue weighted by molar-refractivity contribution is 6.11. The fraction of sp³-hybridized carbons (Fsp3) is 0.263. The third kappa shape index (κ3) is 3.89. The molecule has 3 rings (SSSR count). The molecule has 8 heteroatoms. The van der Waals surface area contributed by atoms with E-state index in [0.29, 0.717) is 30.0 Å². The van der Waals surface area contributed by atoms with Crippen LogP contribution < -0.4 is 10.6 Å². The molecule has 0 saturated heterocycles. The minimum atomic E-state index is -0.385. The van der Waals surface area contributed by atoms with Crippen molar-refractivity contribution in [2.24, 2.45) is 0 Å². The Morgan fingerprint density at radius 2 is 1.78 bits per heavy atom. The summed E-state index contributed by atoms with van der Waals surface area (Å²) < 4.78 is 3.35. The number of benzene rings is 1. The number of hydrogen-bond donors (Lipinski definition) is 2. The molecule has 3 aromatic rings. The van der Waals surface area contributed by atoms with Gasteiger partial charge < -0.3 is 10.6 Å². The van der Waals surface area contributed by atoms with Crippen molar-refractivity contribution in [2.45, 2.75) is 33.9 Å². The van der Waals surface area contributed by atoms with Crippen molar-refractivity contribution in [2.75, 3.05) is 10.6 Å². The Hall–Kier alpha value is -3.42. The Morgan fingerprint density at radius 1 is 1.04 bits per heavy atom. The first kappa shape index (κ1) is 18.4. The van der Waals surface area contributed by atoms with Gasteiger partial charge in [0.25, 0.3) is 11.8 Å². The van der Waals surface area contributed by atoms with Gasteiger partial charge in [0.1, 0.15) is 0 Å². The van der Waals surface area contributed by atoms with E-state index in [9.17, 15) is 9.59 Å². The molecule has 2 aromatic heterocycles. The van der Waals surface area contributed by atoms with Crippen LogP contribution in [0.2, 0.25) is 0 Å². The zero-order chi connectivity index (χ0) is 19.4. The second-order valence-electron chi connectivity index (χ2n) is 5.98. The van der Waals surface area contributed by atoms with Crippen molar-refractivity contribution >= 4 is 23.2 Å². The lowest BCUT2D eigenvalue weighted by atomic mass is 10.2. The zero-order valence-corrected chi connectivity index (χ0v) is 15.6. The number of rotatable bonds is 6. The number of nitrogens with zero attached hydrogens (tertiary/aromatic N) is 4. The lowest BCUT2D eigenvalue weighted by Crippen LogP contribution is -2.18. The van der Waals surface area contributed by atoms with E-state index in [2.05, 4.69) is 20.8 Å². The second kappa shape index (κ2) is 7.86. The quantitative estimate of drug-likeness (QED) is 0.701. The van der Waals surface area contributed by atoms with Crippen LogP contribution in [0.25, 0.3) is 0 Å². The molecule has 1 aromatic carbocycles. The van der Waals surface area contributed by atoms with E-state index in [1.54, 1.807) is 27.7 Å². The molecule has 2 heterocycles. The van der Waals surface area contributed by atoms with Crippen LogP contribution in [0.1, 0.15) is 40.4 Å². The van der Waals surface area contributed by atoms with E-state index in [-0.39, 0.29) is 17.5 Å². The van der Waals surface area contributed by atoms with Crippen LogP contribution in [0.5, 0.6) is 0 Å². The molecule has 0 spiro atoms. The van der Waals surface area contributed by atoms with Gasteiger partial charge in [-0.1, -0.05) is 18.2 Å². The van der Waals surface area contributed by atoms with Crippen molar-refractivity contribution in [3.05, 3.63) is 59.7 Å².